The number of nitrogens with zero attached hydrogens (tertiary/aromatic N) is 2. The fourth-order valence-corrected chi connectivity index (χ4v) is 2.61. The van der Waals surface area contributed by atoms with E-state index >= 15 is 0 Å². The van der Waals surface area contributed by atoms with Crippen LogP contribution in [0.5, 0.6) is 0 Å². The molecule has 0 saturated heterocycles. The Hall–Kier alpha value is -2.24. The number of guanidine groups is 1. The number of para-hydroxylation sites is 1. The fraction of sp³-hybridized carbons (Fsp3) is 0.600. The smallest absolute Gasteiger partial charge is 0.305 e. The van der Waals surface area contributed by atoms with Crippen molar-refractivity contribution in [3.8, 4) is 0 Å². The number of benzene rings is 1. The van der Waals surface area contributed by atoms with Crippen molar-refractivity contribution in [3.63, 3.8) is 0 Å². The molecule has 0 atom stereocenters. The zero-order valence-electron chi connectivity index (χ0n) is 16.5. The Morgan fingerprint density at radius 1 is 1.12 bits per heavy atom. The topological polar surface area (TPSA) is 66.0 Å². The minimum Gasteiger partial charge on any atom is -0.469 e. The number of aliphatic imine (C=N–C) groups is 1. The molecule has 6 nitrogen and oxygen atoms in total. The van der Waals surface area contributed by atoms with Crippen LogP contribution in [0.25, 0.3) is 0 Å². The summed E-state index contributed by atoms with van der Waals surface area (Å²) in [6.45, 7) is 8.63. The quantitative estimate of drug-likeness (QED) is 0.259. The zero-order chi connectivity index (χ0) is 19.0. The van der Waals surface area contributed by atoms with Crippen molar-refractivity contribution in [1.29, 1.82) is 0 Å². The van der Waals surface area contributed by atoms with Crippen molar-refractivity contribution in [1.82, 2.24) is 10.6 Å². The van der Waals surface area contributed by atoms with Gasteiger partial charge in [-0.15, -0.1) is 0 Å². The molecule has 2 N–H and O–H groups in total. The minimum atomic E-state index is -0.149. The van der Waals surface area contributed by atoms with Crippen LogP contribution in [0, 0.1) is 0 Å². The van der Waals surface area contributed by atoms with E-state index in [1.807, 2.05) is 6.07 Å². The Labute approximate surface area is 158 Å². The van der Waals surface area contributed by atoms with E-state index in [1.54, 1.807) is 0 Å². The van der Waals surface area contributed by atoms with Crippen molar-refractivity contribution in [3.05, 3.63) is 30.3 Å². The first-order valence-corrected chi connectivity index (χ1v) is 9.60. The monoisotopic (exact) mass is 362 g/mol. The average Bonchev–Trinajstić information content (AvgIpc) is 2.68. The Bertz CT molecular complexity index is 520. The second-order valence-electron chi connectivity index (χ2n) is 5.99. The molecule has 0 heterocycles. The normalized spacial score (nSPS) is 11.1. The maximum Gasteiger partial charge on any atom is 0.305 e. The van der Waals surface area contributed by atoms with Crippen molar-refractivity contribution < 1.29 is 9.53 Å². The number of rotatable bonds is 12. The first-order valence-electron chi connectivity index (χ1n) is 9.60. The van der Waals surface area contributed by atoms with Crippen LogP contribution in [-0.2, 0) is 9.53 Å². The van der Waals surface area contributed by atoms with Gasteiger partial charge in [-0.2, -0.15) is 0 Å². The highest BCUT2D eigenvalue weighted by Crippen LogP contribution is 2.12. The van der Waals surface area contributed by atoms with E-state index in [-0.39, 0.29) is 5.97 Å². The van der Waals surface area contributed by atoms with Gasteiger partial charge >= 0.3 is 5.97 Å². The maximum absolute atomic E-state index is 11.1. The van der Waals surface area contributed by atoms with Crippen LogP contribution in [-0.4, -0.2) is 51.8 Å². The van der Waals surface area contributed by atoms with Gasteiger partial charge in [0.2, 0.25) is 0 Å². The number of carbonyl (C=O) groups is 1. The van der Waals surface area contributed by atoms with Gasteiger partial charge in [-0.05, 0) is 45.2 Å². The molecule has 0 aromatic heterocycles. The Morgan fingerprint density at radius 2 is 1.88 bits per heavy atom. The molecular formula is C20H34N4O2. The van der Waals surface area contributed by atoms with Crippen LogP contribution in [0.1, 0.15) is 39.5 Å². The second-order valence-corrected chi connectivity index (χ2v) is 5.99. The highest BCUT2D eigenvalue weighted by atomic mass is 16.5. The third-order valence-corrected chi connectivity index (χ3v) is 4.03. The van der Waals surface area contributed by atoms with Gasteiger partial charge in [-0.3, -0.25) is 9.79 Å². The van der Waals surface area contributed by atoms with E-state index in [2.05, 4.69) is 63.4 Å². The summed E-state index contributed by atoms with van der Waals surface area (Å²) in [5, 5.41) is 6.58. The summed E-state index contributed by atoms with van der Waals surface area (Å²) < 4.78 is 4.64. The van der Waals surface area contributed by atoms with E-state index in [0.717, 1.165) is 57.9 Å². The van der Waals surface area contributed by atoms with Crippen molar-refractivity contribution >= 4 is 17.6 Å². The summed E-state index contributed by atoms with van der Waals surface area (Å²) in [6.07, 6.45) is 3.21. The van der Waals surface area contributed by atoms with E-state index in [4.69, 9.17) is 0 Å². The third kappa shape index (κ3) is 9.30. The predicted molar refractivity (Wildman–Crippen MR) is 109 cm³/mol. The molecule has 0 amide bonds. The minimum absolute atomic E-state index is 0.149. The van der Waals surface area contributed by atoms with Crippen LogP contribution in [0.3, 0.4) is 0 Å². The molecule has 0 unspecified atom stereocenters. The number of unbranched alkanes of at least 4 members (excludes halogenated alkanes) is 1. The van der Waals surface area contributed by atoms with Crippen LogP contribution in [0.4, 0.5) is 5.69 Å². The van der Waals surface area contributed by atoms with Crippen LogP contribution < -0.4 is 15.5 Å². The third-order valence-electron chi connectivity index (χ3n) is 4.03. The zero-order valence-corrected chi connectivity index (χ0v) is 16.5. The molecule has 0 aliphatic heterocycles. The number of hydrogen-bond acceptors (Lipinski definition) is 4. The molecular weight excluding hydrogens is 328 g/mol. The number of nitrogens with one attached hydrogen (secondary N) is 2. The van der Waals surface area contributed by atoms with Gasteiger partial charge in [0.15, 0.2) is 5.96 Å². The summed E-state index contributed by atoms with van der Waals surface area (Å²) in [7, 11) is 1.42. The standard InChI is InChI=1S/C20H34N4O2/c1-4-21-20(22-15-10-9-14-19(25)26-3)23-16-11-17-24(5-2)18-12-7-6-8-13-18/h6-8,12-13H,4-5,9-11,14-17H2,1-3H3,(H2,21,22,23). The number of methoxy groups -OCH3 is 1. The Morgan fingerprint density at radius 3 is 2.54 bits per heavy atom. The molecule has 1 aromatic carbocycles. The molecule has 26 heavy (non-hydrogen) atoms. The average molecular weight is 363 g/mol. The highest BCUT2D eigenvalue weighted by molar-refractivity contribution is 5.79. The summed E-state index contributed by atoms with van der Waals surface area (Å²) in [4.78, 5) is 18.1. The summed E-state index contributed by atoms with van der Waals surface area (Å²) in [6, 6.07) is 10.5. The summed E-state index contributed by atoms with van der Waals surface area (Å²) in [5.41, 5.74) is 1.26. The van der Waals surface area contributed by atoms with Crippen LogP contribution in [0.15, 0.2) is 35.3 Å². The molecule has 0 fully saturated rings. The lowest BCUT2D eigenvalue weighted by Crippen LogP contribution is -2.38. The Balaban J connectivity index is 2.30. The van der Waals surface area contributed by atoms with E-state index in [1.165, 1.54) is 12.8 Å². The number of ether oxygens (including phenoxy) is 1. The summed E-state index contributed by atoms with van der Waals surface area (Å²) in [5.74, 6) is 0.692. The van der Waals surface area contributed by atoms with Crippen LogP contribution in [0.2, 0.25) is 0 Å². The highest BCUT2D eigenvalue weighted by Gasteiger charge is 2.03. The lowest BCUT2D eigenvalue weighted by atomic mass is 10.2. The van der Waals surface area contributed by atoms with Gasteiger partial charge in [0, 0.05) is 44.8 Å². The van der Waals surface area contributed by atoms with Gasteiger partial charge in [0.05, 0.1) is 7.11 Å². The lowest BCUT2D eigenvalue weighted by Gasteiger charge is -2.22. The molecule has 1 rings (SSSR count). The van der Waals surface area contributed by atoms with Gasteiger partial charge in [-0.25, -0.2) is 0 Å². The first kappa shape index (κ1) is 21.8. The van der Waals surface area contributed by atoms with Gasteiger partial charge in [0.1, 0.15) is 0 Å². The Kier molecular flexibility index (Phi) is 11.7. The second kappa shape index (κ2) is 14.0. The molecule has 0 radical (unpaired) electrons. The molecule has 0 aliphatic carbocycles. The van der Waals surface area contributed by atoms with Crippen molar-refractivity contribution in [2.45, 2.75) is 39.5 Å². The van der Waals surface area contributed by atoms with Gasteiger partial charge in [0.25, 0.3) is 0 Å². The molecule has 6 heteroatoms. The number of anilines is 1. The number of carbonyl (C=O) groups excluding carboxylic acids is 1. The maximum atomic E-state index is 11.1. The fourth-order valence-electron chi connectivity index (χ4n) is 2.61. The largest absolute Gasteiger partial charge is 0.469 e. The van der Waals surface area contributed by atoms with E-state index in [0.29, 0.717) is 6.42 Å². The molecule has 0 bridgehead atoms. The molecule has 0 spiro atoms. The molecule has 0 aliphatic rings. The van der Waals surface area contributed by atoms with Gasteiger partial charge in [-0.1, -0.05) is 18.2 Å². The lowest BCUT2D eigenvalue weighted by molar-refractivity contribution is -0.140. The molecule has 146 valence electrons. The van der Waals surface area contributed by atoms with E-state index < -0.39 is 0 Å². The van der Waals surface area contributed by atoms with E-state index in [9.17, 15) is 4.79 Å². The first-order chi connectivity index (χ1) is 12.7. The van der Waals surface area contributed by atoms with Gasteiger partial charge < -0.3 is 20.3 Å². The van der Waals surface area contributed by atoms with Crippen LogP contribution >= 0.6 is 0 Å². The summed E-state index contributed by atoms with van der Waals surface area (Å²) >= 11 is 0. The number of esters is 1. The van der Waals surface area contributed by atoms with Crippen molar-refractivity contribution in [2.75, 3.05) is 44.7 Å². The van der Waals surface area contributed by atoms with Crippen molar-refractivity contribution in [2.24, 2.45) is 4.99 Å². The SMILES string of the molecule is CCNC(=NCCCN(CC)c1ccccc1)NCCCCC(=O)OC. The molecule has 1 aromatic rings. The molecule has 0 saturated carbocycles. The number of hydrogen-bond donors (Lipinski definition) is 2. The predicted octanol–water partition coefficient (Wildman–Crippen LogP) is 2.80.